The second kappa shape index (κ2) is 6.96. The van der Waals surface area contributed by atoms with Crippen LogP contribution in [0.1, 0.15) is 12.8 Å². The first kappa shape index (κ1) is 16.4. The summed E-state index contributed by atoms with van der Waals surface area (Å²) in [5.74, 6) is -1.83. The van der Waals surface area contributed by atoms with Crippen LogP contribution in [-0.2, 0) is 0 Å². The summed E-state index contributed by atoms with van der Waals surface area (Å²) in [6.45, 7) is 0.837. The smallest absolute Gasteiger partial charge is 0.161 e. The van der Waals surface area contributed by atoms with E-state index >= 15 is 0 Å². The predicted molar refractivity (Wildman–Crippen MR) is 86.5 cm³/mol. The summed E-state index contributed by atoms with van der Waals surface area (Å²) in [7, 11) is 0. The van der Waals surface area contributed by atoms with Gasteiger partial charge in [0.15, 0.2) is 11.6 Å². The summed E-state index contributed by atoms with van der Waals surface area (Å²) >= 11 is 0. The molecule has 2 bridgehead atoms. The Morgan fingerprint density at radius 2 is 1.96 bits per heavy atom. The van der Waals surface area contributed by atoms with Crippen molar-refractivity contribution in [3.05, 3.63) is 47.4 Å². The van der Waals surface area contributed by atoms with Crippen LogP contribution in [0.25, 0.3) is 0 Å². The number of nitrogens with zero attached hydrogens (tertiary/aromatic N) is 4. The maximum atomic E-state index is 12.0. The van der Waals surface area contributed by atoms with E-state index in [0.29, 0.717) is 6.07 Å². The Labute approximate surface area is 137 Å². The van der Waals surface area contributed by atoms with Crippen LogP contribution >= 0.6 is 0 Å². The molecule has 24 heavy (non-hydrogen) atoms. The predicted octanol–water partition coefficient (Wildman–Crippen LogP) is 2.25. The number of allylic oxidation sites excluding steroid dienone is 1. The molecule has 0 aromatic heterocycles. The minimum absolute atomic E-state index is 0.0584. The summed E-state index contributed by atoms with van der Waals surface area (Å²) in [6.07, 6.45) is 7.59. The fourth-order valence-electron chi connectivity index (χ4n) is 2.60. The molecule has 0 spiro atoms. The Morgan fingerprint density at radius 3 is 2.71 bits per heavy atom. The maximum Gasteiger partial charge on any atom is 0.161 e. The van der Waals surface area contributed by atoms with Crippen molar-refractivity contribution in [3.63, 3.8) is 0 Å². The van der Waals surface area contributed by atoms with Crippen LogP contribution in [0.2, 0.25) is 0 Å². The van der Waals surface area contributed by atoms with Gasteiger partial charge < -0.3 is 10.6 Å². The monoisotopic (exact) mass is 335 g/mol. The second-order valence-corrected chi connectivity index (χ2v) is 5.60. The van der Waals surface area contributed by atoms with Crippen molar-refractivity contribution in [1.82, 2.24) is 4.90 Å². The zero-order valence-corrected chi connectivity index (χ0v) is 12.7. The van der Waals surface area contributed by atoms with Crippen molar-refractivity contribution in [3.8, 4) is 0 Å². The first-order valence-electron chi connectivity index (χ1n) is 7.51. The molecule has 4 rings (SSSR count). The molecular weight excluding hydrogens is 319 g/mol. The van der Waals surface area contributed by atoms with Crippen molar-refractivity contribution in [2.45, 2.75) is 24.9 Å². The third-order valence-electron chi connectivity index (χ3n) is 3.78. The number of rotatable bonds is 0. The molecule has 1 unspecified atom stereocenters. The minimum Gasteiger partial charge on any atom is -0.327 e. The van der Waals surface area contributed by atoms with Crippen LogP contribution in [0.4, 0.5) is 13.2 Å². The number of fused-ring (bicyclic) bond motifs is 3. The number of aliphatic imine (C=N–C) groups is 1. The van der Waals surface area contributed by atoms with Crippen LogP contribution in [-0.4, -0.2) is 41.8 Å². The molecule has 1 aromatic rings. The highest BCUT2D eigenvalue weighted by atomic mass is 19.2. The molecule has 0 aliphatic carbocycles. The summed E-state index contributed by atoms with van der Waals surface area (Å²) < 4.78 is 35.9. The van der Waals surface area contributed by atoms with Gasteiger partial charge in [-0.15, -0.1) is 0 Å². The maximum absolute atomic E-state index is 12.0. The Hall–Kier alpha value is -2.48. The molecular formula is C16H16F3N5. The highest BCUT2D eigenvalue weighted by molar-refractivity contribution is 5.96. The van der Waals surface area contributed by atoms with Crippen LogP contribution in [0, 0.1) is 17.5 Å². The van der Waals surface area contributed by atoms with E-state index < -0.39 is 17.5 Å². The van der Waals surface area contributed by atoms with Gasteiger partial charge in [-0.05, 0) is 24.6 Å². The van der Waals surface area contributed by atoms with Gasteiger partial charge in [-0.2, -0.15) is 10.2 Å². The van der Waals surface area contributed by atoms with Gasteiger partial charge in [0.05, 0.1) is 18.1 Å². The minimum atomic E-state index is -1.16. The van der Waals surface area contributed by atoms with Gasteiger partial charge in [-0.3, -0.25) is 4.99 Å². The van der Waals surface area contributed by atoms with E-state index in [4.69, 9.17) is 5.73 Å². The quantitative estimate of drug-likeness (QED) is 0.739. The number of piperidine rings is 1. The largest absolute Gasteiger partial charge is 0.327 e. The SMILES string of the molecule is Fc1ccc(F)c(F)c1.N[C@@H]1CCC2=NC3C=NN=CC(=C3)N2C1. The number of hydrogen-bond donors (Lipinski definition) is 1. The summed E-state index contributed by atoms with van der Waals surface area (Å²) in [6, 6.07) is 2.39. The molecule has 0 saturated carbocycles. The van der Waals surface area contributed by atoms with Crippen molar-refractivity contribution in [2.24, 2.45) is 20.9 Å². The van der Waals surface area contributed by atoms with Crippen LogP contribution in [0.15, 0.2) is 45.2 Å². The standard InChI is InChI=1S/C10H13N5.C6H3F3/c11-7-1-2-10-14-8-3-9(15(10)6-7)5-13-12-4-8;7-4-1-2-5(8)6(9)3-4/h3-5,7-8H,1-2,6,11H2;1-3H/t7-,8?;/m1./s1. The van der Waals surface area contributed by atoms with Crippen molar-refractivity contribution in [1.29, 1.82) is 0 Å². The third kappa shape index (κ3) is 3.70. The van der Waals surface area contributed by atoms with E-state index in [1.165, 1.54) is 0 Å². The molecule has 0 radical (unpaired) electrons. The van der Waals surface area contributed by atoms with Gasteiger partial charge >= 0.3 is 0 Å². The van der Waals surface area contributed by atoms with Gasteiger partial charge in [-0.25, -0.2) is 13.2 Å². The topological polar surface area (TPSA) is 66.3 Å². The van der Waals surface area contributed by atoms with Crippen LogP contribution in [0.5, 0.6) is 0 Å². The lowest BCUT2D eigenvalue weighted by molar-refractivity contribution is 0.402. The Bertz CT molecular complexity index is 741. The average molecular weight is 335 g/mol. The lowest BCUT2D eigenvalue weighted by Gasteiger charge is -2.36. The first-order valence-corrected chi connectivity index (χ1v) is 7.51. The molecule has 3 aliphatic heterocycles. The molecule has 3 heterocycles. The molecule has 8 heteroatoms. The number of halogens is 3. The summed E-state index contributed by atoms with van der Waals surface area (Å²) in [5.41, 5.74) is 7.03. The molecule has 2 N–H and O–H groups in total. The molecule has 1 fully saturated rings. The van der Waals surface area contributed by atoms with E-state index in [1.807, 2.05) is 0 Å². The van der Waals surface area contributed by atoms with E-state index in [9.17, 15) is 13.2 Å². The second-order valence-electron chi connectivity index (χ2n) is 5.60. The fourth-order valence-corrected chi connectivity index (χ4v) is 2.60. The van der Waals surface area contributed by atoms with Gasteiger partial charge in [-0.1, -0.05) is 0 Å². The molecule has 2 atom stereocenters. The van der Waals surface area contributed by atoms with Crippen LogP contribution in [0.3, 0.4) is 0 Å². The molecule has 3 aliphatic rings. The van der Waals surface area contributed by atoms with E-state index in [2.05, 4.69) is 26.2 Å². The first-order chi connectivity index (χ1) is 11.5. The van der Waals surface area contributed by atoms with Gasteiger partial charge in [0.2, 0.25) is 0 Å². The summed E-state index contributed by atoms with van der Waals surface area (Å²) in [5, 5.41) is 7.87. The highest BCUT2D eigenvalue weighted by Gasteiger charge is 2.28. The lowest BCUT2D eigenvalue weighted by Crippen LogP contribution is -2.47. The van der Waals surface area contributed by atoms with E-state index in [-0.39, 0.29) is 12.1 Å². The average Bonchev–Trinajstić information content (AvgIpc) is 2.75. The van der Waals surface area contributed by atoms with Gasteiger partial charge in [0, 0.05) is 25.1 Å². The molecule has 1 saturated heterocycles. The number of benzene rings is 1. The lowest BCUT2D eigenvalue weighted by atomic mass is 10.0. The molecule has 5 nitrogen and oxygen atoms in total. The number of nitrogens with two attached hydrogens (primary N) is 1. The van der Waals surface area contributed by atoms with Crippen molar-refractivity contribution >= 4 is 18.3 Å². The molecule has 0 amide bonds. The van der Waals surface area contributed by atoms with Crippen molar-refractivity contribution in [2.75, 3.05) is 6.54 Å². The zero-order chi connectivity index (χ0) is 17.1. The normalized spacial score (nSPS) is 24.2. The Morgan fingerprint density at radius 1 is 1.12 bits per heavy atom. The van der Waals surface area contributed by atoms with Crippen molar-refractivity contribution < 1.29 is 13.2 Å². The fraction of sp³-hybridized carbons (Fsp3) is 0.312. The summed E-state index contributed by atoms with van der Waals surface area (Å²) in [4.78, 5) is 6.76. The van der Waals surface area contributed by atoms with E-state index in [1.54, 1.807) is 12.4 Å². The van der Waals surface area contributed by atoms with Gasteiger partial charge in [0.25, 0.3) is 0 Å². The number of hydrogen-bond acceptors (Lipinski definition) is 5. The number of amidine groups is 1. The Balaban J connectivity index is 0.000000162. The van der Waals surface area contributed by atoms with E-state index in [0.717, 1.165) is 43.1 Å². The molecule has 126 valence electrons. The highest BCUT2D eigenvalue weighted by Crippen LogP contribution is 2.22. The third-order valence-corrected chi connectivity index (χ3v) is 3.78. The van der Waals surface area contributed by atoms with Gasteiger partial charge in [0.1, 0.15) is 17.7 Å². The Kier molecular flexibility index (Phi) is 4.75. The zero-order valence-electron chi connectivity index (χ0n) is 12.7. The molecule has 1 aromatic carbocycles. The van der Waals surface area contributed by atoms with Crippen LogP contribution < -0.4 is 5.73 Å².